The zero-order valence-corrected chi connectivity index (χ0v) is 9.89. The molecule has 1 aromatic rings. The predicted molar refractivity (Wildman–Crippen MR) is 61.7 cm³/mol. The highest BCUT2D eigenvalue weighted by Crippen LogP contribution is 2.50. The molecule has 0 amide bonds. The molecule has 0 nitrogen and oxygen atoms in total. The summed E-state index contributed by atoms with van der Waals surface area (Å²) < 4.78 is 27.7. The van der Waals surface area contributed by atoms with Crippen LogP contribution in [0.5, 0.6) is 0 Å². The average Bonchev–Trinajstić information content (AvgIpc) is 2.66. The molecular weight excluding hydrogens is 206 g/mol. The van der Waals surface area contributed by atoms with Crippen LogP contribution in [0.25, 0.3) is 0 Å². The molecule has 2 rings (SSSR count). The second kappa shape index (κ2) is 3.83. The first-order valence-electron chi connectivity index (χ1n) is 5.91. The fraction of sp³-hybridized carbons (Fsp3) is 0.571. The molecule has 0 N–H and O–H groups in total. The zero-order chi connectivity index (χ0) is 11.8. The SMILES string of the molecule is CC(C)(F)C1(c2cccc(F)c2)CCCC1. The third kappa shape index (κ3) is 1.74. The Morgan fingerprint density at radius 2 is 1.81 bits per heavy atom. The molecule has 0 heterocycles. The first-order valence-corrected chi connectivity index (χ1v) is 5.91. The molecule has 0 bridgehead atoms. The molecule has 1 aliphatic carbocycles. The predicted octanol–water partition coefficient (Wildman–Crippen LogP) is 4.39. The average molecular weight is 224 g/mol. The third-order valence-corrected chi connectivity index (χ3v) is 3.97. The van der Waals surface area contributed by atoms with Crippen molar-refractivity contribution in [3.8, 4) is 0 Å². The van der Waals surface area contributed by atoms with Crippen molar-refractivity contribution in [1.82, 2.24) is 0 Å². The van der Waals surface area contributed by atoms with Gasteiger partial charge in [-0.2, -0.15) is 0 Å². The lowest BCUT2D eigenvalue weighted by Crippen LogP contribution is -2.41. The molecule has 1 saturated carbocycles. The van der Waals surface area contributed by atoms with Crippen LogP contribution in [0.1, 0.15) is 45.1 Å². The van der Waals surface area contributed by atoms with E-state index in [-0.39, 0.29) is 5.82 Å². The largest absolute Gasteiger partial charge is 0.244 e. The van der Waals surface area contributed by atoms with E-state index in [1.807, 2.05) is 6.07 Å². The third-order valence-electron chi connectivity index (χ3n) is 3.97. The Labute approximate surface area is 95.7 Å². The fourth-order valence-corrected chi connectivity index (χ4v) is 2.99. The normalized spacial score (nSPS) is 20.0. The van der Waals surface area contributed by atoms with Gasteiger partial charge in [-0.05, 0) is 44.4 Å². The molecule has 0 saturated heterocycles. The number of alkyl halides is 1. The van der Waals surface area contributed by atoms with E-state index in [0.717, 1.165) is 31.2 Å². The van der Waals surface area contributed by atoms with Crippen molar-refractivity contribution >= 4 is 0 Å². The van der Waals surface area contributed by atoms with Gasteiger partial charge in [0.05, 0.1) is 0 Å². The highest BCUT2D eigenvalue weighted by molar-refractivity contribution is 5.31. The Morgan fingerprint density at radius 1 is 1.19 bits per heavy atom. The summed E-state index contributed by atoms with van der Waals surface area (Å²) in [6, 6.07) is 6.44. The minimum absolute atomic E-state index is 0.270. The van der Waals surface area contributed by atoms with Crippen LogP contribution in [0.2, 0.25) is 0 Å². The van der Waals surface area contributed by atoms with E-state index >= 15 is 0 Å². The van der Waals surface area contributed by atoms with Crippen LogP contribution >= 0.6 is 0 Å². The second-order valence-electron chi connectivity index (χ2n) is 5.27. The number of halogens is 2. The Balaban J connectivity index is 2.48. The van der Waals surface area contributed by atoms with Crippen LogP contribution in [-0.2, 0) is 5.41 Å². The van der Waals surface area contributed by atoms with Gasteiger partial charge < -0.3 is 0 Å². The van der Waals surface area contributed by atoms with Crippen molar-refractivity contribution in [1.29, 1.82) is 0 Å². The maximum absolute atomic E-state index is 14.4. The van der Waals surface area contributed by atoms with Gasteiger partial charge >= 0.3 is 0 Å². The first-order chi connectivity index (χ1) is 7.46. The van der Waals surface area contributed by atoms with Crippen molar-refractivity contribution < 1.29 is 8.78 Å². The highest BCUT2D eigenvalue weighted by Gasteiger charge is 2.48. The van der Waals surface area contributed by atoms with Gasteiger partial charge in [-0.15, -0.1) is 0 Å². The van der Waals surface area contributed by atoms with Gasteiger partial charge in [-0.25, -0.2) is 8.78 Å². The van der Waals surface area contributed by atoms with E-state index in [4.69, 9.17) is 0 Å². The quantitative estimate of drug-likeness (QED) is 0.699. The van der Waals surface area contributed by atoms with Gasteiger partial charge in [0.2, 0.25) is 0 Å². The number of hydrogen-bond acceptors (Lipinski definition) is 0. The van der Waals surface area contributed by atoms with E-state index in [2.05, 4.69) is 0 Å². The molecule has 0 aromatic heterocycles. The minimum atomic E-state index is -1.29. The van der Waals surface area contributed by atoms with Crippen molar-refractivity contribution in [2.45, 2.75) is 50.6 Å². The summed E-state index contributed by atoms with van der Waals surface area (Å²) in [5, 5.41) is 0. The van der Waals surface area contributed by atoms with E-state index < -0.39 is 11.1 Å². The molecule has 1 aliphatic rings. The Hall–Kier alpha value is -0.920. The van der Waals surface area contributed by atoms with Gasteiger partial charge in [0.25, 0.3) is 0 Å². The molecular formula is C14H18F2. The summed E-state index contributed by atoms with van der Waals surface area (Å²) in [6.07, 6.45) is 3.70. The summed E-state index contributed by atoms with van der Waals surface area (Å²) >= 11 is 0. The zero-order valence-electron chi connectivity index (χ0n) is 9.89. The molecule has 2 heteroatoms. The number of hydrogen-bond donors (Lipinski definition) is 0. The van der Waals surface area contributed by atoms with E-state index in [1.54, 1.807) is 19.9 Å². The van der Waals surface area contributed by atoms with Crippen molar-refractivity contribution in [3.63, 3.8) is 0 Å². The molecule has 0 aliphatic heterocycles. The van der Waals surface area contributed by atoms with Crippen LogP contribution in [0, 0.1) is 5.82 Å². The molecule has 1 aromatic carbocycles. The van der Waals surface area contributed by atoms with Gasteiger partial charge in [-0.3, -0.25) is 0 Å². The van der Waals surface area contributed by atoms with Gasteiger partial charge in [0.1, 0.15) is 11.5 Å². The Bertz CT molecular complexity index is 371. The molecule has 0 radical (unpaired) electrons. The summed E-state index contributed by atoms with van der Waals surface area (Å²) in [6.45, 7) is 3.23. The smallest absolute Gasteiger partial charge is 0.123 e. The van der Waals surface area contributed by atoms with Crippen LogP contribution in [0.15, 0.2) is 24.3 Å². The summed E-state index contributed by atoms with van der Waals surface area (Å²) in [5.41, 5.74) is -0.968. The van der Waals surface area contributed by atoms with E-state index in [0.29, 0.717) is 0 Å². The molecule has 0 spiro atoms. The standard InChI is InChI=1S/C14H18F2/c1-13(2,16)14(8-3-4-9-14)11-6-5-7-12(15)10-11/h5-7,10H,3-4,8-9H2,1-2H3. The molecule has 16 heavy (non-hydrogen) atoms. The highest BCUT2D eigenvalue weighted by atomic mass is 19.1. The Morgan fingerprint density at radius 3 is 2.31 bits per heavy atom. The monoisotopic (exact) mass is 224 g/mol. The molecule has 0 unspecified atom stereocenters. The summed E-state index contributed by atoms with van der Waals surface area (Å²) in [4.78, 5) is 0. The van der Waals surface area contributed by atoms with Crippen molar-refractivity contribution in [3.05, 3.63) is 35.6 Å². The van der Waals surface area contributed by atoms with E-state index in [1.165, 1.54) is 12.1 Å². The van der Waals surface area contributed by atoms with Crippen molar-refractivity contribution in [2.24, 2.45) is 0 Å². The lowest BCUT2D eigenvalue weighted by atomic mass is 9.68. The maximum atomic E-state index is 14.4. The minimum Gasteiger partial charge on any atom is -0.244 e. The van der Waals surface area contributed by atoms with Gasteiger partial charge in [-0.1, -0.05) is 25.0 Å². The number of rotatable bonds is 2. The van der Waals surface area contributed by atoms with E-state index in [9.17, 15) is 8.78 Å². The molecule has 0 atom stereocenters. The fourth-order valence-electron chi connectivity index (χ4n) is 2.99. The summed E-state index contributed by atoms with van der Waals surface area (Å²) in [7, 11) is 0. The maximum Gasteiger partial charge on any atom is 0.123 e. The second-order valence-corrected chi connectivity index (χ2v) is 5.27. The number of benzene rings is 1. The van der Waals surface area contributed by atoms with Crippen LogP contribution in [0.4, 0.5) is 8.78 Å². The van der Waals surface area contributed by atoms with Crippen LogP contribution in [0.3, 0.4) is 0 Å². The summed E-state index contributed by atoms with van der Waals surface area (Å²) in [5.74, 6) is -0.270. The lowest BCUT2D eigenvalue weighted by Gasteiger charge is -2.39. The van der Waals surface area contributed by atoms with Crippen LogP contribution < -0.4 is 0 Å². The first kappa shape index (κ1) is 11.6. The Kier molecular flexibility index (Phi) is 2.77. The van der Waals surface area contributed by atoms with Crippen LogP contribution in [-0.4, -0.2) is 5.67 Å². The lowest BCUT2D eigenvalue weighted by molar-refractivity contribution is 0.0915. The van der Waals surface area contributed by atoms with Gasteiger partial charge in [0, 0.05) is 5.41 Å². The topological polar surface area (TPSA) is 0 Å². The molecule has 1 fully saturated rings. The van der Waals surface area contributed by atoms with Crippen molar-refractivity contribution in [2.75, 3.05) is 0 Å². The molecule has 88 valence electrons. The van der Waals surface area contributed by atoms with Gasteiger partial charge in [0.15, 0.2) is 0 Å².